The topological polar surface area (TPSA) is 68.1 Å². The van der Waals surface area contributed by atoms with E-state index in [9.17, 15) is 14.0 Å². The third kappa shape index (κ3) is 4.31. The first-order valence-electron chi connectivity index (χ1n) is 10.0. The Morgan fingerprint density at radius 1 is 1.16 bits per heavy atom. The molecule has 2 aromatic carbocycles. The molecular formula is C23H21FN4O2S2. The molecular weight excluding hydrogens is 447 g/mol. The van der Waals surface area contributed by atoms with E-state index >= 15 is 0 Å². The number of para-hydroxylation sites is 2. The predicted octanol–water partition coefficient (Wildman–Crippen LogP) is 5.55. The fourth-order valence-corrected chi connectivity index (χ4v) is 5.33. The highest BCUT2D eigenvalue weighted by Crippen LogP contribution is 2.32. The quantitative estimate of drug-likeness (QED) is 0.274. The van der Waals surface area contributed by atoms with E-state index in [1.165, 1.54) is 41.0 Å². The molecule has 0 fully saturated rings. The van der Waals surface area contributed by atoms with Gasteiger partial charge >= 0.3 is 0 Å². The van der Waals surface area contributed by atoms with Gasteiger partial charge in [0.2, 0.25) is 5.91 Å². The molecule has 4 rings (SSSR count). The SMILES string of the molecule is CC(=O)N(c1nc(CSc2nc3ccccc3c(=O)n2C(C)C)cs1)c1ccccc1F. The summed E-state index contributed by atoms with van der Waals surface area (Å²) in [6.45, 7) is 5.27. The van der Waals surface area contributed by atoms with Gasteiger partial charge in [0.25, 0.3) is 5.56 Å². The number of hydrogen-bond acceptors (Lipinski definition) is 6. The fraction of sp³-hybridized carbons (Fsp3) is 0.217. The van der Waals surface area contributed by atoms with Crippen LogP contribution in [0.4, 0.5) is 15.2 Å². The van der Waals surface area contributed by atoms with Gasteiger partial charge in [-0.1, -0.05) is 36.0 Å². The maximum absolute atomic E-state index is 14.3. The minimum Gasteiger partial charge on any atom is -0.285 e. The van der Waals surface area contributed by atoms with E-state index in [0.29, 0.717) is 26.9 Å². The van der Waals surface area contributed by atoms with Crippen LogP contribution in [-0.4, -0.2) is 20.4 Å². The first kappa shape index (κ1) is 22.2. The normalized spacial score (nSPS) is 11.3. The number of hydrogen-bond donors (Lipinski definition) is 0. The Labute approximate surface area is 192 Å². The highest BCUT2D eigenvalue weighted by molar-refractivity contribution is 7.98. The zero-order valence-corrected chi connectivity index (χ0v) is 19.4. The lowest BCUT2D eigenvalue weighted by molar-refractivity contribution is -0.115. The van der Waals surface area contributed by atoms with Crippen LogP contribution >= 0.6 is 23.1 Å². The number of rotatable bonds is 6. The fourth-order valence-electron chi connectivity index (χ4n) is 3.33. The highest BCUT2D eigenvalue weighted by Gasteiger charge is 2.21. The van der Waals surface area contributed by atoms with Crippen LogP contribution in [0.3, 0.4) is 0 Å². The largest absolute Gasteiger partial charge is 0.285 e. The van der Waals surface area contributed by atoms with E-state index in [-0.39, 0.29) is 23.2 Å². The van der Waals surface area contributed by atoms with Gasteiger partial charge in [-0.05, 0) is 38.1 Å². The van der Waals surface area contributed by atoms with E-state index in [1.807, 2.05) is 37.4 Å². The highest BCUT2D eigenvalue weighted by atomic mass is 32.2. The van der Waals surface area contributed by atoms with Crippen molar-refractivity contribution in [3.8, 4) is 0 Å². The third-order valence-corrected chi connectivity index (χ3v) is 6.64. The van der Waals surface area contributed by atoms with Crippen molar-refractivity contribution in [3.05, 3.63) is 75.8 Å². The second-order valence-electron chi connectivity index (χ2n) is 7.40. The summed E-state index contributed by atoms with van der Waals surface area (Å²) in [7, 11) is 0. The number of aromatic nitrogens is 3. The molecule has 0 aliphatic rings. The van der Waals surface area contributed by atoms with Gasteiger partial charge in [-0.15, -0.1) is 11.3 Å². The molecule has 0 radical (unpaired) electrons. The second kappa shape index (κ2) is 9.22. The summed E-state index contributed by atoms with van der Waals surface area (Å²) < 4.78 is 16.0. The molecule has 4 aromatic rings. The molecule has 0 saturated heterocycles. The molecule has 0 saturated carbocycles. The number of anilines is 2. The zero-order chi connectivity index (χ0) is 22.8. The third-order valence-electron chi connectivity index (χ3n) is 4.78. The molecule has 0 aliphatic heterocycles. The van der Waals surface area contributed by atoms with Gasteiger partial charge in [0.1, 0.15) is 5.82 Å². The van der Waals surface area contributed by atoms with Gasteiger partial charge in [-0.2, -0.15) is 0 Å². The van der Waals surface area contributed by atoms with E-state index in [1.54, 1.807) is 28.8 Å². The number of benzene rings is 2. The summed E-state index contributed by atoms with van der Waals surface area (Å²) in [6, 6.07) is 13.3. The average Bonchev–Trinajstić information content (AvgIpc) is 3.22. The molecule has 0 bridgehead atoms. The number of halogens is 1. The zero-order valence-electron chi connectivity index (χ0n) is 17.8. The van der Waals surface area contributed by atoms with Crippen LogP contribution in [0, 0.1) is 5.82 Å². The lowest BCUT2D eigenvalue weighted by Gasteiger charge is -2.18. The molecule has 2 heterocycles. The summed E-state index contributed by atoms with van der Waals surface area (Å²) in [4.78, 5) is 35.7. The second-order valence-corrected chi connectivity index (χ2v) is 9.18. The smallest absolute Gasteiger partial charge is 0.262 e. The molecule has 0 unspecified atom stereocenters. The molecule has 32 heavy (non-hydrogen) atoms. The maximum atomic E-state index is 14.3. The summed E-state index contributed by atoms with van der Waals surface area (Å²) in [5.41, 5.74) is 1.46. The van der Waals surface area contributed by atoms with Crippen molar-refractivity contribution in [1.82, 2.24) is 14.5 Å². The number of fused-ring (bicyclic) bond motifs is 1. The number of thiazole rings is 1. The van der Waals surface area contributed by atoms with Crippen LogP contribution in [0.25, 0.3) is 10.9 Å². The van der Waals surface area contributed by atoms with Crippen molar-refractivity contribution in [1.29, 1.82) is 0 Å². The summed E-state index contributed by atoms with van der Waals surface area (Å²) in [5, 5.41) is 3.42. The molecule has 1 amide bonds. The maximum Gasteiger partial charge on any atom is 0.262 e. The number of nitrogens with zero attached hydrogens (tertiary/aromatic N) is 4. The van der Waals surface area contributed by atoms with Crippen LogP contribution in [0.15, 0.2) is 63.9 Å². The molecule has 0 atom stereocenters. The Balaban J connectivity index is 1.63. The Morgan fingerprint density at radius 3 is 2.59 bits per heavy atom. The van der Waals surface area contributed by atoms with Gasteiger partial charge < -0.3 is 0 Å². The number of thioether (sulfide) groups is 1. The summed E-state index contributed by atoms with van der Waals surface area (Å²) in [5.74, 6) is -0.361. The standard InChI is InChI=1S/C23H21FN4O2S2/c1-14(2)27-21(30)17-8-4-6-10-19(17)26-23(27)32-13-16-12-31-22(25-16)28(15(3)29)20-11-7-5-9-18(20)24/h4-12,14H,13H2,1-3H3. The Bertz CT molecular complexity index is 1350. The first-order valence-corrected chi connectivity index (χ1v) is 11.9. The van der Waals surface area contributed by atoms with Crippen molar-refractivity contribution in [2.24, 2.45) is 0 Å². The number of carbonyl (C=O) groups is 1. The molecule has 0 aliphatic carbocycles. The molecule has 0 spiro atoms. The van der Waals surface area contributed by atoms with E-state index in [4.69, 9.17) is 0 Å². The molecule has 0 N–H and O–H groups in total. The van der Waals surface area contributed by atoms with Crippen LogP contribution in [-0.2, 0) is 10.5 Å². The molecule has 9 heteroatoms. The van der Waals surface area contributed by atoms with Gasteiger partial charge in [-0.25, -0.2) is 14.4 Å². The Morgan fingerprint density at radius 2 is 1.88 bits per heavy atom. The van der Waals surface area contributed by atoms with Crippen LogP contribution in [0.2, 0.25) is 0 Å². The lowest BCUT2D eigenvalue weighted by atomic mass is 10.2. The van der Waals surface area contributed by atoms with Crippen molar-refractivity contribution in [2.75, 3.05) is 4.90 Å². The van der Waals surface area contributed by atoms with Crippen LogP contribution in [0.1, 0.15) is 32.5 Å². The van der Waals surface area contributed by atoms with Crippen LogP contribution < -0.4 is 10.5 Å². The molecule has 6 nitrogen and oxygen atoms in total. The first-order chi connectivity index (χ1) is 15.4. The van der Waals surface area contributed by atoms with Gasteiger partial charge in [0.05, 0.1) is 22.3 Å². The molecule has 2 aromatic heterocycles. The average molecular weight is 469 g/mol. The van der Waals surface area contributed by atoms with Crippen molar-refractivity contribution in [3.63, 3.8) is 0 Å². The van der Waals surface area contributed by atoms with Crippen molar-refractivity contribution >= 4 is 50.7 Å². The van der Waals surface area contributed by atoms with Crippen LogP contribution in [0.5, 0.6) is 0 Å². The molecule has 164 valence electrons. The Hall–Kier alpha value is -3.04. The minimum absolute atomic E-state index is 0.0534. The Kier molecular flexibility index (Phi) is 6.38. The van der Waals surface area contributed by atoms with E-state index in [0.717, 1.165) is 5.69 Å². The van der Waals surface area contributed by atoms with Crippen molar-refractivity contribution in [2.45, 2.75) is 37.7 Å². The number of amides is 1. The van der Waals surface area contributed by atoms with Gasteiger partial charge in [0, 0.05) is 24.1 Å². The van der Waals surface area contributed by atoms with E-state index < -0.39 is 5.82 Å². The monoisotopic (exact) mass is 468 g/mol. The summed E-state index contributed by atoms with van der Waals surface area (Å²) >= 11 is 2.67. The predicted molar refractivity (Wildman–Crippen MR) is 127 cm³/mol. The van der Waals surface area contributed by atoms with Gasteiger partial charge in [-0.3, -0.25) is 19.1 Å². The number of carbonyl (C=O) groups excluding carboxylic acids is 1. The van der Waals surface area contributed by atoms with Gasteiger partial charge in [0.15, 0.2) is 10.3 Å². The van der Waals surface area contributed by atoms with E-state index in [2.05, 4.69) is 9.97 Å². The minimum atomic E-state index is -0.491. The van der Waals surface area contributed by atoms with Crippen molar-refractivity contribution < 1.29 is 9.18 Å². The lowest BCUT2D eigenvalue weighted by Crippen LogP contribution is -2.25. The summed E-state index contributed by atoms with van der Waals surface area (Å²) in [6.07, 6.45) is 0.